The van der Waals surface area contributed by atoms with Crippen LogP contribution in [0.25, 0.3) is 0 Å². The molecule has 1 heterocycles. The van der Waals surface area contributed by atoms with Gasteiger partial charge < -0.3 is 5.32 Å². The lowest BCUT2D eigenvalue weighted by molar-refractivity contribution is 0.0952. The second-order valence-electron chi connectivity index (χ2n) is 4.70. The molecule has 0 aliphatic carbocycles. The Bertz CT molecular complexity index is 547. The van der Waals surface area contributed by atoms with Crippen molar-refractivity contribution >= 4 is 5.91 Å². The van der Waals surface area contributed by atoms with Gasteiger partial charge in [0.15, 0.2) is 0 Å². The molecular weight excluding hydrogens is 238 g/mol. The smallest absolute Gasteiger partial charge is 0.251 e. The zero-order valence-electron chi connectivity index (χ0n) is 11.4. The monoisotopic (exact) mass is 257 g/mol. The lowest BCUT2D eigenvalue weighted by atomic mass is 10.1. The first-order valence-corrected chi connectivity index (χ1v) is 6.50. The third kappa shape index (κ3) is 3.68. The van der Waals surface area contributed by atoms with Crippen LogP contribution in [-0.4, -0.2) is 22.2 Å². The number of hydrogen-bond acceptors (Lipinski definition) is 2. The molecule has 100 valence electrons. The van der Waals surface area contributed by atoms with Crippen molar-refractivity contribution in [2.24, 2.45) is 0 Å². The fourth-order valence-electron chi connectivity index (χ4n) is 1.95. The number of nitrogens with zero attached hydrogens (tertiary/aromatic N) is 2. The van der Waals surface area contributed by atoms with Crippen LogP contribution in [0.4, 0.5) is 0 Å². The number of amides is 1. The molecule has 1 amide bonds. The fourth-order valence-corrected chi connectivity index (χ4v) is 1.95. The van der Waals surface area contributed by atoms with E-state index in [1.165, 1.54) is 0 Å². The van der Waals surface area contributed by atoms with E-state index in [0.717, 1.165) is 29.7 Å². The molecule has 4 nitrogen and oxygen atoms in total. The van der Waals surface area contributed by atoms with Crippen molar-refractivity contribution in [2.75, 3.05) is 6.54 Å². The van der Waals surface area contributed by atoms with Crippen molar-refractivity contribution in [1.29, 1.82) is 0 Å². The summed E-state index contributed by atoms with van der Waals surface area (Å²) in [5.41, 5.74) is 2.88. The Morgan fingerprint density at radius 1 is 1.37 bits per heavy atom. The Labute approximate surface area is 113 Å². The summed E-state index contributed by atoms with van der Waals surface area (Å²) in [6, 6.07) is 7.82. The van der Waals surface area contributed by atoms with Crippen molar-refractivity contribution < 1.29 is 4.79 Å². The summed E-state index contributed by atoms with van der Waals surface area (Å²) in [6.45, 7) is 5.43. The van der Waals surface area contributed by atoms with Crippen molar-refractivity contribution in [3.63, 3.8) is 0 Å². The topological polar surface area (TPSA) is 46.9 Å². The molecule has 0 saturated carbocycles. The number of carbonyl (C=O) groups excluding carboxylic acids is 1. The molecule has 2 aromatic rings. The average molecular weight is 257 g/mol. The first kappa shape index (κ1) is 13.3. The molecule has 0 atom stereocenters. The van der Waals surface area contributed by atoms with Crippen LogP contribution in [0.2, 0.25) is 0 Å². The van der Waals surface area contributed by atoms with E-state index in [9.17, 15) is 4.79 Å². The van der Waals surface area contributed by atoms with Crippen molar-refractivity contribution in [3.8, 4) is 0 Å². The van der Waals surface area contributed by atoms with Crippen molar-refractivity contribution in [3.05, 3.63) is 53.3 Å². The molecule has 0 fully saturated rings. The molecule has 2 rings (SSSR count). The van der Waals surface area contributed by atoms with Crippen LogP contribution in [0.1, 0.15) is 27.9 Å². The summed E-state index contributed by atoms with van der Waals surface area (Å²) in [6.07, 6.45) is 4.56. The first-order chi connectivity index (χ1) is 9.16. The molecular formula is C15H19N3O. The van der Waals surface area contributed by atoms with Crippen LogP contribution < -0.4 is 5.32 Å². The molecule has 0 bridgehead atoms. The minimum Gasteiger partial charge on any atom is -0.352 e. The summed E-state index contributed by atoms with van der Waals surface area (Å²) in [7, 11) is 0. The fraction of sp³-hybridized carbons (Fsp3) is 0.333. The molecule has 19 heavy (non-hydrogen) atoms. The van der Waals surface area contributed by atoms with Gasteiger partial charge in [-0.15, -0.1) is 0 Å². The van der Waals surface area contributed by atoms with Gasteiger partial charge >= 0.3 is 0 Å². The zero-order valence-corrected chi connectivity index (χ0v) is 11.4. The molecule has 1 N–H and O–H groups in total. The predicted molar refractivity (Wildman–Crippen MR) is 75.1 cm³/mol. The predicted octanol–water partition coefficient (Wildman–Crippen LogP) is 2.32. The second kappa shape index (κ2) is 6.18. The van der Waals surface area contributed by atoms with Gasteiger partial charge in [-0.05, 0) is 38.0 Å². The highest BCUT2D eigenvalue weighted by atomic mass is 16.1. The molecule has 1 aromatic carbocycles. The molecule has 0 spiro atoms. The average Bonchev–Trinajstić information content (AvgIpc) is 2.90. The highest BCUT2D eigenvalue weighted by Gasteiger charge is 2.08. The molecule has 4 heteroatoms. The van der Waals surface area contributed by atoms with Crippen LogP contribution in [0, 0.1) is 13.8 Å². The van der Waals surface area contributed by atoms with Gasteiger partial charge in [0.05, 0.1) is 0 Å². The van der Waals surface area contributed by atoms with Gasteiger partial charge in [-0.2, -0.15) is 5.10 Å². The maximum atomic E-state index is 12.0. The summed E-state index contributed by atoms with van der Waals surface area (Å²) in [5, 5.41) is 7.07. The van der Waals surface area contributed by atoms with Gasteiger partial charge in [-0.25, -0.2) is 0 Å². The first-order valence-electron chi connectivity index (χ1n) is 6.50. The number of rotatable bonds is 5. The maximum Gasteiger partial charge on any atom is 0.251 e. The Hall–Kier alpha value is -2.10. The van der Waals surface area contributed by atoms with Crippen molar-refractivity contribution in [2.45, 2.75) is 26.8 Å². The highest BCUT2D eigenvalue weighted by molar-refractivity contribution is 5.95. The van der Waals surface area contributed by atoms with E-state index in [1.54, 1.807) is 6.20 Å². The minimum atomic E-state index is 0.00154. The van der Waals surface area contributed by atoms with E-state index in [0.29, 0.717) is 6.54 Å². The summed E-state index contributed by atoms with van der Waals surface area (Å²) >= 11 is 0. The third-order valence-electron chi connectivity index (χ3n) is 3.05. The van der Waals surface area contributed by atoms with Crippen molar-refractivity contribution in [1.82, 2.24) is 15.1 Å². The number of hydrogen-bond donors (Lipinski definition) is 1. The normalized spacial score (nSPS) is 10.4. The van der Waals surface area contributed by atoms with E-state index in [2.05, 4.69) is 10.4 Å². The minimum absolute atomic E-state index is 0.00154. The van der Waals surface area contributed by atoms with Crippen LogP contribution in [0.5, 0.6) is 0 Å². The molecule has 0 aliphatic heterocycles. The Morgan fingerprint density at radius 3 is 2.95 bits per heavy atom. The van der Waals surface area contributed by atoms with E-state index in [1.807, 2.05) is 49.0 Å². The molecule has 0 aliphatic rings. The van der Waals surface area contributed by atoms with Gasteiger partial charge in [0, 0.05) is 31.0 Å². The molecule has 0 unspecified atom stereocenters. The van der Waals surface area contributed by atoms with Gasteiger partial charge in [0.25, 0.3) is 5.91 Å². The van der Waals surface area contributed by atoms with Gasteiger partial charge in [0.1, 0.15) is 0 Å². The lowest BCUT2D eigenvalue weighted by Gasteiger charge is -2.08. The van der Waals surface area contributed by atoms with Crippen LogP contribution in [0.15, 0.2) is 36.7 Å². The van der Waals surface area contributed by atoms with Crippen LogP contribution in [0.3, 0.4) is 0 Å². The number of aromatic nitrogens is 2. The lowest BCUT2D eigenvalue weighted by Crippen LogP contribution is -2.26. The van der Waals surface area contributed by atoms with Gasteiger partial charge in [-0.1, -0.05) is 17.7 Å². The van der Waals surface area contributed by atoms with Crippen LogP contribution >= 0.6 is 0 Å². The SMILES string of the molecule is Cc1ccc(C)c(C(=O)NCCCn2cccn2)c1. The molecule has 0 saturated heterocycles. The summed E-state index contributed by atoms with van der Waals surface area (Å²) < 4.78 is 1.87. The Morgan fingerprint density at radius 2 is 2.21 bits per heavy atom. The quantitative estimate of drug-likeness (QED) is 0.836. The Kier molecular flexibility index (Phi) is 4.34. The van der Waals surface area contributed by atoms with E-state index in [4.69, 9.17) is 0 Å². The van der Waals surface area contributed by atoms with E-state index >= 15 is 0 Å². The number of nitrogens with one attached hydrogen (secondary N) is 1. The third-order valence-corrected chi connectivity index (χ3v) is 3.05. The number of aryl methyl sites for hydroxylation is 3. The maximum absolute atomic E-state index is 12.0. The highest BCUT2D eigenvalue weighted by Crippen LogP contribution is 2.10. The number of carbonyl (C=O) groups is 1. The summed E-state index contributed by atoms with van der Waals surface area (Å²) in [4.78, 5) is 12.0. The van der Waals surface area contributed by atoms with Crippen LogP contribution in [-0.2, 0) is 6.54 Å². The largest absolute Gasteiger partial charge is 0.352 e. The summed E-state index contributed by atoms with van der Waals surface area (Å²) in [5.74, 6) is 0.00154. The van der Waals surface area contributed by atoms with Gasteiger partial charge in [0.2, 0.25) is 0 Å². The number of benzene rings is 1. The molecule has 0 radical (unpaired) electrons. The molecule has 1 aromatic heterocycles. The van der Waals surface area contributed by atoms with E-state index in [-0.39, 0.29) is 5.91 Å². The Balaban J connectivity index is 1.82. The zero-order chi connectivity index (χ0) is 13.7. The van der Waals surface area contributed by atoms with Gasteiger partial charge in [-0.3, -0.25) is 9.48 Å². The van der Waals surface area contributed by atoms with E-state index < -0.39 is 0 Å². The second-order valence-corrected chi connectivity index (χ2v) is 4.70. The standard InChI is InChI=1S/C15H19N3O/c1-12-5-6-13(2)14(11-12)15(19)16-7-3-9-18-10-4-8-17-18/h4-6,8,10-11H,3,7,9H2,1-2H3,(H,16,19).